The van der Waals surface area contributed by atoms with Gasteiger partial charge in [-0.1, -0.05) is 0 Å². The van der Waals surface area contributed by atoms with Crippen LogP contribution in [0, 0.1) is 12.8 Å². The van der Waals surface area contributed by atoms with Crippen molar-refractivity contribution in [3.05, 3.63) is 40.9 Å². The predicted octanol–water partition coefficient (Wildman–Crippen LogP) is 2.97. The molecule has 2 heterocycles. The zero-order valence-corrected chi connectivity index (χ0v) is 19.8. The second-order valence-corrected chi connectivity index (χ2v) is 10.8. The van der Waals surface area contributed by atoms with Gasteiger partial charge in [-0.25, -0.2) is 13.4 Å². The molecule has 3 rings (SSSR count). The van der Waals surface area contributed by atoms with E-state index in [1.807, 2.05) is 12.3 Å². The molecule has 168 valence electrons. The second kappa shape index (κ2) is 9.46. The lowest BCUT2D eigenvalue weighted by Crippen LogP contribution is -2.41. The number of sulfonamides is 1. The molecule has 8 nitrogen and oxygen atoms in total. The topological polar surface area (TPSA) is 99.7 Å². The number of anilines is 1. The molecule has 1 N–H and O–H groups in total. The van der Waals surface area contributed by atoms with Crippen LogP contribution < -0.4 is 5.32 Å². The normalized spacial score (nSPS) is 15.5. The van der Waals surface area contributed by atoms with Gasteiger partial charge in [0.25, 0.3) is 5.91 Å². The Labute approximate surface area is 187 Å². The van der Waals surface area contributed by atoms with Gasteiger partial charge >= 0.3 is 0 Å². The Kier molecular flexibility index (Phi) is 7.13. The highest BCUT2D eigenvalue weighted by Gasteiger charge is 2.29. The number of nitrogens with zero attached hydrogens (tertiary/aromatic N) is 3. The summed E-state index contributed by atoms with van der Waals surface area (Å²) in [7, 11) is -2.05. The van der Waals surface area contributed by atoms with Crippen molar-refractivity contribution in [2.75, 3.05) is 25.5 Å². The number of aromatic nitrogens is 1. The fourth-order valence-electron chi connectivity index (χ4n) is 3.36. The largest absolute Gasteiger partial charge is 0.339 e. The third kappa shape index (κ3) is 5.31. The molecule has 0 bridgehead atoms. The maximum Gasteiger partial charge on any atom is 0.253 e. The number of amides is 2. The first-order valence-electron chi connectivity index (χ1n) is 10.2. The van der Waals surface area contributed by atoms with Crippen molar-refractivity contribution in [2.24, 2.45) is 5.92 Å². The van der Waals surface area contributed by atoms with Crippen molar-refractivity contribution in [1.29, 1.82) is 0 Å². The van der Waals surface area contributed by atoms with Crippen LogP contribution in [0.5, 0.6) is 0 Å². The molecule has 1 aromatic heterocycles. The Morgan fingerprint density at radius 1 is 1.19 bits per heavy atom. The minimum atomic E-state index is -3.59. The number of thiazole rings is 1. The maximum atomic E-state index is 12.8. The first-order chi connectivity index (χ1) is 14.6. The van der Waals surface area contributed by atoms with E-state index in [0.29, 0.717) is 36.6 Å². The van der Waals surface area contributed by atoms with E-state index < -0.39 is 10.0 Å². The summed E-state index contributed by atoms with van der Waals surface area (Å²) in [4.78, 5) is 31.4. The molecule has 31 heavy (non-hydrogen) atoms. The molecule has 2 aromatic rings. The van der Waals surface area contributed by atoms with Crippen LogP contribution in [-0.4, -0.2) is 60.6 Å². The number of aryl methyl sites for hydroxylation is 1. The monoisotopic (exact) mass is 464 g/mol. The molecular weight excluding hydrogens is 436 g/mol. The van der Waals surface area contributed by atoms with E-state index >= 15 is 0 Å². The first kappa shape index (κ1) is 23.4. The minimum Gasteiger partial charge on any atom is -0.339 e. The number of carbonyl (C=O) groups excluding carboxylic acids is 2. The highest BCUT2D eigenvalue weighted by atomic mass is 32.2. The van der Waals surface area contributed by atoms with Crippen LogP contribution in [-0.2, 0) is 14.8 Å². The predicted molar refractivity (Wildman–Crippen MR) is 121 cm³/mol. The van der Waals surface area contributed by atoms with E-state index in [4.69, 9.17) is 0 Å². The maximum absolute atomic E-state index is 12.8. The summed E-state index contributed by atoms with van der Waals surface area (Å²) in [6, 6.07) is 5.87. The SMILES string of the molecule is Cc1csc(NC(=O)C2CCN(C(=O)c3ccc(S(=O)(=O)N(C)C(C)C)cc3)CC2)n1. The highest BCUT2D eigenvalue weighted by Crippen LogP contribution is 2.23. The van der Waals surface area contributed by atoms with Gasteiger partial charge in [0.1, 0.15) is 0 Å². The van der Waals surface area contributed by atoms with E-state index in [9.17, 15) is 18.0 Å². The van der Waals surface area contributed by atoms with E-state index in [2.05, 4.69) is 10.3 Å². The van der Waals surface area contributed by atoms with Gasteiger partial charge in [-0.2, -0.15) is 4.31 Å². The molecular formula is C21H28N4O4S2. The van der Waals surface area contributed by atoms with Gasteiger partial charge in [-0.15, -0.1) is 11.3 Å². The van der Waals surface area contributed by atoms with Crippen LogP contribution in [0.1, 0.15) is 42.7 Å². The van der Waals surface area contributed by atoms with Gasteiger partial charge in [0.15, 0.2) is 5.13 Å². The Morgan fingerprint density at radius 3 is 2.32 bits per heavy atom. The number of likely N-dealkylation sites (tertiary alicyclic amines) is 1. The van der Waals surface area contributed by atoms with Crippen molar-refractivity contribution in [1.82, 2.24) is 14.2 Å². The summed E-state index contributed by atoms with van der Waals surface area (Å²) in [5, 5.41) is 5.33. The first-order valence-corrected chi connectivity index (χ1v) is 12.5. The Balaban J connectivity index is 1.58. The lowest BCUT2D eigenvalue weighted by molar-refractivity contribution is -0.121. The Hall–Kier alpha value is -2.30. The van der Waals surface area contributed by atoms with Crippen molar-refractivity contribution in [3.8, 4) is 0 Å². The number of carbonyl (C=O) groups is 2. The summed E-state index contributed by atoms with van der Waals surface area (Å²) in [5.74, 6) is -0.381. The van der Waals surface area contributed by atoms with Crippen LogP contribution in [0.25, 0.3) is 0 Å². The van der Waals surface area contributed by atoms with Gasteiger partial charge in [-0.05, 0) is 57.9 Å². The van der Waals surface area contributed by atoms with Crippen LogP contribution in [0.3, 0.4) is 0 Å². The van der Waals surface area contributed by atoms with Crippen LogP contribution in [0.4, 0.5) is 5.13 Å². The number of benzene rings is 1. The van der Waals surface area contributed by atoms with Gasteiger partial charge < -0.3 is 10.2 Å². The van der Waals surface area contributed by atoms with Crippen LogP contribution in [0.2, 0.25) is 0 Å². The summed E-state index contributed by atoms with van der Waals surface area (Å²) < 4.78 is 26.5. The van der Waals surface area contributed by atoms with Gasteiger partial charge in [0.2, 0.25) is 15.9 Å². The number of hydrogen-bond donors (Lipinski definition) is 1. The standard InChI is InChI=1S/C21H28N4O4S2/c1-14(2)24(4)31(28,29)18-7-5-17(6-8-18)20(27)25-11-9-16(10-12-25)19(26)23-21-22-15(3)13-30-21/h5-8,13-14,16H,9-12H2,1-4H3,(H,22,23,26). The molecule has 1 saturated heterocycles. The third-order valence-corrected chi connectivity index (χ3v) is 8.43. The molecule has 0 unspecified atom stereocenters. The van der Waals surface area contributed by atoms with Crippen LogP contribution >= 0.6 is 11.3 Å². The number of hydrogen-bond acceptors (Lipinski definition) is 6. The molecule has 1 aliphatic heterocycles. The molecule has 0 atom stereocenters. The number of nitrogens with one attached hydrogen (secondary N) is 1. The zero-order chi connectivity index (χ0) is 22.8. The molecule has 1 aromatic carbocycles. The van der Waals surface area contributed by atoms with E-state index in [1.54, 1.807) is 30.9 Å². The lowest BCUT2D eigenvalue weighted by atomic mass is 9.95. The van der Waals surface area contributed by atoms with E-state index in [-0.39, 0.29) is 28.7 Å². The fourth-order valence-corrected chi connectivity index (χ4v) is 5.42. The third-order valence-electron chi connectivity index (χ3n) is 5.51. The summed E-state index contributed by atoms with van der Waals surface area (Å²) in [6.07, 6.45) is 1.15. The molecule has 2 amide bonds. The average Bonchev–Trinajstić information content (AvgIpc) is 3.17. The van der Waals surface area contributed by atoms with Crippen molar-refractivity contribution >= 4 is 38.3 Å². The second-order valence-electron chi connectivity index (χ2n) is 7.99. The molecule has 0 saturated carbocycles. The van der Waals surface area contributed by atoms with E-state index in [0.717, 1.165) is 5.69 Å². The molecule has 0 radical (unpaired) electrons. The minimum absolute atomic E-state index is 0.0646. The molecule has 10 heteroatoms. The average molecular weight is 465 g/mol. The number of piperidine rings is 1. The summed E-state index contributed by atoms with van der Waals surface area (Å²) in [6.45, 7) is 6.43. The number of rotatable bonds is 6. The lowest BCUT2D eigenvalue weighted by Gasteiger charge is -2.31. The molecule has 1 aliphatic rings. The van der Waals surface area contributed by atoms with Crippen molar-refractivity contribution < 1.29 is 18.0 Å². The molecule has 0 aliphatic carbocycles. The van der Waals surface area contributed by atoms with Crippen molar-refractivity contribution in [2.45, 2.75) is 44.6 Å². The van der Waals surface area contributed by atoms with Crippen molar-refractivity contribution in [3.63, 3.8) is 0 Å². The van der Waals surface area contributed by atoms with Gasteiger partial charge in [-0.3, -0.25) is 9.59 Å². The molecule has 0 spiro atoms. The summed E-state index contributed by atoms with van der Waals surface area (Å²) >= 11 is 1.40. The highest BCUT2D eigenvalue weighted by molar-refractivity contribution is 7.89. The summed E-state index contributed by atoms with van der Waals surface area (Å²) in [5.41, 5.74) is 1.31. The van der Waals surface area contributed by atoms with Gasteiger partial charge in [0, 0.05) is 43.0 Å². The quantitative estimate of drug-likeness (QED) is 0.709. The van der Waals surface area contributed by atoms with Gasteiger partial charge in [0.05, 0.1) is 10.6 Å². The Morgan fingerprint density at radius 2 is 1.81 bits per heavy atom. The van der Waals surface area contributed by atoms with Crippen LogP contribution in [0.15, 0.2) is 34.5 Å². The van der Waals surface area contributed by atoms with E-state index in [1.165, 1.54) is 34.8 Å². The smallest absolute Gasteiger partial charge is 0.253 e. The fraction of sp³-hybridized carbons (Fsp3) is 0.476. The zero-order valence-electron chi connectivity index (χ0n) is 18.2. The molecule has 1 fully saturated rings. The Bertz CT molecular complexity index is 1040.